The van der Waals surface area contributed by atoms with Crippen molar-refractivity contribution in [1.29, 1.82) is 0 Å². The molecule has 114 valence electrons. The first-order valence-electron chi connectivity index (χ1n) is 7.10. The van der Waals surface area contributed by atoms with E-state index in [1.165, 1.54) is 0 Å². The first kappa shape index (κ1) is 14.7. The molecule has 2 aromatic rings. The number of hydrogen-bond donors (Lipinski definition) is 2. The molecule has 1 aromatic carbocycles. The van der Waals surface area contributed by atoms with Crippen molar-refractivity contribution >= 4 is 23.6 Å². The average Bonchev–Trinajstić information content (AvgIpc) is 2.99. The van der Waals surface area contributed by atoms with Crippen LogP contribution >= 0.6 is 11.6 Å². The van der Waals surface area contributed by atoms with Crippen LogP contribution in [0.2, 0.25) is 5.02 Å². The Balaban J connectivity index is 1.78. The van der Waals surface area contributed by atoms with Gasteiger partial charge in [-0.2, -0.15) is 5.21 Å². The summed E-state index contributed by atoms with van der Waals surface area (Å²) in [4.78, 5) is 12.5. The largest absolute Gasteiger partial charge is 0.339 e. The van der Waals surface area contributed by atoms with Crippen LogP contribution in [0, 0.1) is 0 Å². The van der Waals surface area contributed by atoms with Crippen molar-refractivity contribution < 1.29 is 4.79 Å². The first-order chi connectivity index (χ1) is 10.6. The lowest BCUT2D eigenvalue weighted by Crippen LogP contribution is -2.51. The molecule has 22 heavy (non-hydrogen) atoms. The molecule has 1 amide bonds. The van der Waals surface area contributed by atoms with E-state index in [4.69, 9.17) is 11.6 Å². The van der Waals surface area contributed by atoms with E-state index in [1.807, 2.05) is 18.2 Å². The number of benzene rings is 1. The van der Waals surface area contributed by atoms with Gasteiger partial charge < -0.3 is 5.32 Å². The minimum absolute atomic E-state index is 0.149. The van der Waals surface area contributed by atoms with Gasteiger partial charge in [-0.15, -0.1) is 10.2 Å². The molecule has 1 aliphatic rings. The molecule has 0 bridgehead atoms. The van der Waals surface area contributed by atoms with Gasteiger partial charge in [-0.05, 0) is 43.9 Å². The second-order valence-corrected chi connectivity index (χ2v) is 5.88. The predicted octanol–water partition coefficient (Wildman–Crippen LogP) is 2.45. The summed E-state index contributed by atoms with van der Waals surface area (Å²) in [5.74, 6) is 0.391. The van der Waals surface area contributed by atoms with Gasteiger partial charge in [0.1, 0.15) is 5.54 Å². The SMILES string of the molecule is CC(=Cc1ccccc1Cl)C(=O)NC1(c2nn[nH]n2)CCC1. The maximum Gasteiger partial charge on any atom is 0.247 e. The van der Waals surface area contributed by atoms with Crippen molar-refractivity contribution in [2.45, 2.75) is 31.7 Å². The number of aromatic amines is 1. The van der Waals surface area contributed by atoms with E-state index in [2.05, 4.69) is 25.9 Å². The number of rotatable bonds is 4. The van der Waals surface area contributed by atoms with Crippen LogP contribution < -0.4 is 5.32 Å². The third-order valence-electron chi connectivity index (χ3n) is 3.97. The van der Waals surface area contributed by atoms with Crippen molar-refractivity contribution in [3.05, 3.63) is 46.2 Å². The number of aromatic nitrogens is 4. The van der Waals surface area contributed by atoms with E-state index in [9.17, 15) is 4.79 Å². The summed E-state index contributed by atoms with van der Waals surface area (Å²) < 4.78 is 0. The summed E-state index contributed by atoms with van der Waals surface area (Å²) in [5, 5.41) is 17.7. The quantitative estimate of drug-likeness (QED) is 0.848. The molecule has 3 rings (SSSR count). The zero-order valence-corrected chi connectivity index (χ0v) is 12.9. The number of H-pyrrole nitrogens is 1. The van der Waals surface area contributed by atoms with Gasteiger partial charge in [0.2, 0.25) is 5.91 Å². The topological polar surface area (TPSA) is 83.6 Å². The van der Waals surface area contributed by atoms with Crippen LogP contribution in [0.1, 0.15) is 37.6 Å². The van der Waals surface area contributed by atoms with E-state index < -0.39 is 5.54 Å². The summed E-state index contributed by atoms with van der Waals surface area (Å²) in [7, 11) is 0. The summed E-state index contributed by atoms with van der Waals surface area (Å²) in [6, 6.07) is 7.41. The summed E-state index contributed by atoms with van der Waals surface area (Å²) in [5.41, 5.74) is 0.904. The van der Waals surface area contributed by atoms with E-state index in [0.717, 1.165) is 24.8 Å². The zero-order valence-electron chi connectivity index (χ0n) is 12.1. The maximum absolute atomic E-state index is 12.5. The highest BCUT2D eigenvalue weighted by molar-refractivity contribution is 6.32. The monoisotopic (exact) mass is 317 g/mol. The third kappa shape index (κ3) is 2.74. The van der Waals surface area contributed by atoms with Gasteiger partial charge >= 0.3 is 0 Å². The van der Waals surface area contributed by atoms with Crippen molar-refractivity contribution in [3.63, 3.8) is 0 Å². The molecule has 1 aliphatic carbocycles. The van der Waals surface area contributed by atoms with E-state index in [0.29, 0.717) is 16.4 Å². The number of hydrogen-bond acceptors (Lipinski definition) is 4. The maximum atomic E-state index is 12.5. The minimum Gasteiger partial charge on any atom is -0.339 e. The molecule has 0 atom stereocenters. The number of carbonyl (C=O) groups is 1. The van der Waals surface area contributed by atoms with E-state index >= 15 is 0 Å². The van der Waals surface area contributed by atoms with Crippen molar-refractivity contribution in [1.82, 2.24) is 25.9 Å². The standard InChI is InChI=1S/C15H16ClN5O/c1-10(9-11-5-2-3-6-12(11)16)13(22)17-15(7-4-8-15)14-18-20-21-19-14/h2-3,5-6,9H,4,7-8H2,1H3,(H,17,22)(H,18,19,20,21). The summed E-state index contributed by atoms with van der Waals surface area (Å²) in [6.45, 7) is 1.77. The van der Waals surface area contributed by atoms with Crippen LogP contribution in [-0.4, -0.2) is 26.5 Å². The van der Waals surface area contributed by atoms with Crippen LogP contribution in [0.5, 0.6) is 0 Å². The summed E-state index contributed by atoms with van der Waals surface area (Å²) >= 11 is 6.12. The molecule has 0 radical (unpaired) electrons. The lowest BCUT2D eigenvalue weighted by Gasteiger charge is -2.39. The Morgan fingerprint density at radius 3 is 2.77 bits per heavy atom. The van der Waals surface area contributed by atoms with Gasteiger partial charge in [-0.3, -0.25) is 4.79 Å². The first-order valence-corrected chi connectivity index (χ1v) is 7.48. The molecule has 0 unspecified atom stereocenters. The van der Waals surface area contributed by atoms with Gasteiger partial charge in [0.05, 0.1) is 0 Å². The minimum atomic E-state index is -0.500. The Bertz CT molecular complexity index is 706. The fourth-order valence-electron chi connectivity index (χ4n) is 2.51. The highest BCUT2D eigenvalue weighted by Gasteiger charge is 2.43. The molecule has 2 N–H and O–H groups in total. The Hall–Kier alpha value is -2.21. The molecular weight excluding hydrogens is 302 g/mol. The number of halogens is 1. The lowest BCUT2D eigenvalue weighted by atomic mass is 9.76. The fourth-order valence-corrected chi connectivity index (χ4v) is 2.70. The zero-order chi connectivity index (χ0) is 15.6. The van der Waals surface area contributed by atoms with Gasteiger partial charge in [0.25, 0.3) is 0 Å². The number of tetrazole rings is 1. The van der Waals surface area contributed by atoms with Gasteiger partial charge in [0, 0.05) is 10.6 Å². The van der Waals surface area contributed by atoms with Gasteiger partial charge in [0.15, 0.2) is 5.82 Å². The van der Waals surface area contributed by atoms with E-state index in [-0.39, 0.29) is 5.91 Å². The Morgan fingerprint density at radius 2 is 2.18 bits per heavy atom. The number of nitrogens with one attached hydrogen (secondary N) is 2. The smallest absolute Gasteiger partial charge is 0.247 e. The number of amides is 1. The molecule has 1 saturated carbocycles. The van der Waals surface area contributed by atoms with Crippen LogP contribution in [0.3, 0.4) is 0 Å². The second kappa shape index (κ2) is 5.88. The Morgan fingerprint density at radius 1 is 1.41 bits per heavy atom. The number of carbonyl (C=O) groups excluding carboxylic acids is 1. The van der Waals surface area contributed by atoms with Crippen molar-refractivity contribution in [3.8, 4) is 0 Å². The lowest BCUT2D eigenvalue weighted by molar-refractivity contribution is -0.120. The Labute approximate surface area is 133 Å². The molecule has 1 aromatic heterocycles. The highest BCUT2D eigenvalue weighted by atomic mass is 35.5. The molecule has 1 fully saturated rings. The highest BCUT2D eigenvalue weighted by Crippen LogP contribution is 2.39. The Kier molecular flexibility index (Phi) is 3.94. The predicted molar refractivity (Wildman–Crippen MR) is 83.0 cm³/mol. The normalized spacial score (nSPS) is 16.9. The van der Waals surface area contributed by atoms with E-state index in [1.54, 1.807) is 19.1 Å². The molecule has 0 spiro atoms. The second-order valence-electron chi connectivity index (χ2n) is 5.47. The summed E-state index contributed by atoms with van der Waals surface area (Å²) in [6.07, 6.45) is 4.44. The number of nitrogens with zero attached hydrogens (tertiary/aromatic N) is 3. The fraction of sp³-hybridized carbons (Fsp3) is 0.333. The molecule has 0 aliphatic heterocycles. The van der Waals surface area contributed by atoms with Crippen molar-refractivity contribution in [2.75, 3.05) is 0 Å². The van der Waals surface area contributed by atoms with Crippen molar-refractivity contribution in [2.24, 2.45) is 0 Å². The molecule has 0 saturated heterocycles. The van der Waals surface area contributed by atoms with Gasteiger partial charge in [-0.25, -0.2) is 0 Å². The van der Waals surface area contributed by atoms with Crippen LogP contribution in [0.4, 0.5) is 0 Å². The molecular formula is C15H16ClN5O. The van der Waals surface area contributed by atoms with Crippen LogP contribution in [0.15, 0.2) is 29.8 Å². The molecule has 7 heteroatoms. The van der Waals surface area contributed by atoms with Crippen LogP contribution in [0.25, 0.3) is 6.08 Å². The molecule has 1 heterocycles. The van der Waals surface area contributed by atoms with Crippen LogP contribution in [-0.2, 0) is 10.3 Å². The average molecular weight is 318 g/mol. The third-order valence-corrected chi connectivity index (χ3v) is 4.31. The molecule has 6 nitrogen and oxygen atoms in total. The van der Waals surface area contributed by atoms with Gasteiger partial charge in [-0.1, -0.05) is 35.0 Å².